The monoisotopic (exact) mass is 517 g/mol. The lowest BCUT2D eigenvalue weighted by Crippen LogP contribution is -2.29. The summed E-state index contributed by atoms with van der Waals surface area (Å²) in [6.45, 7) is 8.52. The highest BCUT2D eigenvalue weighted by atomic mass is 32.1. The number of aromatic amines is 1. The number of amides is 1. The third-order valence-corrected chi connectivity index (χ3v) is 8.33. The number of carbonyl (C=O) groups excluding carboxylic acids is 1. The molecule has 0 aliphatic carbocycles. The van der Waals surface area contributed by atoms with E-state index in [9.17, 15) is 9.59 Å². The Morgan fingerprint density at radius 3 is 2.61 bits per heavy atom. The van der Waals surface area contributed by atoms with Crippen LogP contribution in [0, 0.1) is 27.7 Å². The molecule has 0 atom stereocenters. The average Bonchev–Trinajstić information content (AvgIpc) is 3.53. The highest BCUT2D eigenvalue weighted by Crippen LogP contribution is 2.35. The summed E-state index contributed by atoms with van der Waals surface area (Å²) in [4.78, 5) is 38.0. The molecule has 4 aromatic heterocycles. The van der Waals surface area contributed by atoms with E-state index in [1.807, 2.05) is 61.2 Å². The van der Waals surface area contributed by atoms with Gasteiger partial charge in [0.25, 0.3) is 5.56 Å². The molecule has 184 valence electrons. The molecule has 9 heteroatoms. The number of benzene rings is 1. The van der Waals surface area contributed by atoms with Crippen molar-refractivity contribution >= 4 is 38.8 Å². The molecular weight excluding hydrogens is 490 g/mol. The van der Waals surface area contributed by atoms with Crippen LogP contribution in [0.3, 0.4) is 0 Å². The smallest absolute Gasteiger partial charge is 0.260 e. The number of fused-ring (bicyclic) bond motifs is 1. The number of aromatic nitrogens is 4. The van der Waals surface area contributed by atoms with Gasteiger partial charge in [0.05, 0.1) is 23.2 Å². The van der Waals surface area contributed by atoms with Gasteiger partial charge in [-0.1, -0.05) is 18.2 Å². The van der Waals surface area contributed by atoms with Crippen molar-refractivity contribution in [3.63, 3.8) is 0 Å². The lowest BCUT2D eigenvalue weighted by molar-refractivity contribution is -0.129. The van der Waals surface area contributed by atoms with Gasteiger partial charge in [-0.3, -0.25) is 9.59 Å². The maximum absolute atomic E-state index is 13.1. The quantitative estimate of drug-likeness (QED) is 0.330. The summed E-state index contributed by atoms with van der Waals surface area (Å²) >= 11 is 3.08. The van der Waals surface area contributed by atoms with Crippen LogP contribution >= 0.6 is 22.7 Å². The second kappa shape index (κ2) is 9.48. The first-order valence-electron chi connectivity index (χ1n) is 11.6. The second-order valence-electron chi connectivity index (χ2n) is 9.03. The highest BCUT2D eigenvalue weighted by molar-refractivity contribution is 7.19. The Morgan fingerprint density at radius 2 is 1.89 bits per heavy atom. The molecule has 0 aliphatic rings. The zero-order chi connectivity index (χ0) is 25.6. The van der Waals surface area contributed by atoms with Gasteiger partial charge in [-0.15, -0.1) is 22.7 Å². The molecule has 0 fully saturated rings. The Labute approximate surface area is 217 Å². The summed E-state index contributed by atoms with van der Waals surface area (Å²) in [6, 6.07) is 12.2. The largest absolute Gasteiger partial charge is 0.341 e. The van der Waals surface area contributed by atoms with E-state index in [2.05, 4.69) is 23.0 Å². The average molecular weight is 518 g/mol. The van der Waals surface area contributed by atoms with E-state index >= 15 is 0 Å². The van der Waals surface area contributed by atoms with E-state index in [1.54, 1.807) is 23.3 Å². The SMILES string of the molecule is Cc1ccc(-c2csc3nc(CC(=O)N(C)Cc4c(C)nn(-c5ccccc5C)c4C)[nH]c(=O)c23)s1. The maximum Gasteiger partial charge on any atom is 0.260 e. The third-order valence-electron chi connectivity index (χ3n) is 6.42. The van der Waals surface area contributed by atoms with Crippen LogP contribution in [0.15, 0.2) is 46.6 Å². The van der Waals surface area contributed by atoms with Gasteiger partial charge in [0.15, 0.2) is 0 Å². The molecule has 0 unspecified atom stereocenters. The van der Waals surface area contributed by atoms with E-state index in [4.69, 9.17) is 5.10 Å². The lowest BCUT2D eigenvalue weighted by Gasteiger charge is -2.17. The fourth-order valence-electron chi connectivity index (χ4n) is 4.38. The molecule has 1 amide bonds. The second-order valence-corrected chi connectivity index (χ2v) is 11.2. The number of aryl methyl sites for hydroxylation is 3. The standard InChI is InChI=1S/C27H27N5O2S2/c1-15-8-6-7-9-21(15)32-18(4)19(17(3)30-32)13-31(5)24(33)12-23-28-26(34)25-20(14-35-27(25)29-23)22-11-10-16(2)36-22/h6-11,14H,12-13H2,1-5H3,(H,28,29,34). The zero-order valence-corrected chi connectivity index (χ0v) is 22.5. The molecular formula is C27H27N5O2S2. The van der Waals surface area contributed by atoms with Crippen LogP contribution in [0.4, 0.5) is 0 Å². The van der Waals surface area contributed by atoms with Crippen molar-refractivity contribution in [2.75, 3.05) is 7.05 Å². The molecule has 0 saturated carbocycles. The van der Waals surface area contributed by atoms with Gasteiger partial charge in [-0.05, 0) is 51.5 Å². The summed E-state index contributed by atoms with van der Waals surface area (Å²) < 4.78 is 1.94. The first-order chi connectivity index (χ1) is 17.2. The van der Waals surface area contributed by atoms with E-state index < -0.39 is 0 Å². The first kappa shape index (κ1) is 24.1. The van der Waals surface area contributed by atoms with Crippen molar-refractivity contribution in [2.24, 2.45) is 0 Å². The van der Waals surface area contributed by atoms with Gasteiger partial charge >= 0.3 is 0 Å². The van der Waals surface area contributed by atoms with Gasteiger partial charge in [0.2, 0.25) is 5.91 Å². The zero-order valence-electron chi connectivity index (χ0n) is 20.9. The summed E-state index contributed by atoms with van der Waals surface area (Å²) in [6.07, 6.45) is 0.0249. The van der Waals surface area contributed by atoms with Crippen LogP contribution in [0.1, 0.15) is 33.2 Å². The normalized spacial score (nSPS) is 11.4. The number of carbonyl (C=O) groups is 1. The fourth-order valence-corrected chi connectivity index (χ4v) is 6.30. The number of hydrogen-bond acceptors (Lipinski definition) is 6. The Morgan fingerprint density at radius 1 is 1.11 bits per heavy atom. The van der Waals surface area contributed by atoms with Gasteiger partial charge in [-0.2, -0.15) is 5.10 Å². The van der Waals surface area contributed by atoms with Crippen molar-refractivity contribution in [3.05, 3.63) is 85.3 Å². The Hall–Kier alpha value is -3.56. The number of H-pyrrole nitrogens is 1. The fraction of sp³-hybridized carbons (Fsp3) is 0.259. The van der Waals surface area contributed by atoms with Crippen LogP contribution in [-0.4, -0.2) is 37.6 Å². The number of likely N-dealkylation sites (N-methyl/N-ethyl adjacent to an activating group) is 1. The van der Waals surface area contributed by atoms with Gasteiger partial charge in [0.1, 0.15) is 10.7 Å². The molecule has 1 aromatic carbocycles. The number of nitrogens with zero attached hydrogens (tertiary/aromatic N) is 4. The minimum atomic E-state index is -0.209. The minimum Gasteiger partial charge on any atom is -0.341 e. The van der Waals surface area contributed by atoms with Crippen molar-refractivity contribution in [3.8, 4) is 16.1 Å². The number of thiophene rings is 2. The molecule has 1 N–H and O–H groups in total. The van der Waals surface area contributed by atoms with E-state index in [1.165, 1.54) is 16.2 Å². The molecule has 0 aliphatic heterocycles. The van der Waals surface area contributed by atoms with Crippen molar-refractivity contribution in [1.29, 1.82) is 0 Å². The number of nitrogens with one attached hydrogen (secondary N) is 1. The summed E-state index contributed by atoms with van der Waals surface area (Å²) in [5.41, 5.74) is 5.76. The number of hydrogen-bond donors (Lipinski definition) is 1. The molecule has 0 radical (unpaired) electrons. The molecule has 4 heterocycles. The molecule has 0 saturated heterocycles. The van der Waals surface area contributed by atoms with Crippen LogP contribution in [0.25, 0.3) is 26.3 Å². The summed E-state index contributed by atoms with van der Waals surface area (Å²) in [7, 11) is 1.77. The number of para-hydroxylation sites is 1. The molecule has 5 rings (SSSR count). The van der Waals surface area contributed by atoms with Crippen molar-refractivity contribution in [2.45, 2.75) is 40.7 Å². The van der Waals surface area contributed by atoms with Crippen LogP contribution in [0.2, 0.25) is 0 Å². The van der Waals surface area contributed by atoms with E-state index in [-0.39, 0.29) is 17.9 Å². The van der Waals surface area contributed by atoms with E-state index in [0.717, 1.165) is 38.6 Å². The Kier molecular flexibility index (Phi) is 6.36. The molecule has 0 bridgehead atoms. The van der Waals surface area contributed by atoms with Crippen molar-refractivity contribution < 1.29 is 4.79 Å². The van der Waals surface area contributed by atoms with E-state index in [0.29, 0.717) is 22.6 Å². The molecule has 5 aromatic rings. The van der Waals surface area contributed by atoms with Crippen LogP contribution in [-0.2, 0) is 17.8 Å². The lowest BCUT2D eigenvalue weighted by atomic mass is 10.1. The Balaban J connectivity index is 1.36. The maximum atomic E-state index is 13.1. The van der Waals surface area contributed by atoms with Gasteiger partial charge in [0, 0.05) is 45.5 Å². The Bertz CT molecular complexity index is 1660. The molecule has 7 nitrogen and oxygen atoms in total. The topological polar surface area (TPSA) is 83.9 Å². The van der Waals surface area contributed by atoms with Crippen LogP contribution in [0.5, 0.6) is 0 Å². The number of rotatable bonds is 6. The van der Waals surface area contributed by atoms with Crippen LogP contribution < -0.4 is 5.56 Å². The van der Waals surface area contributed by atoms with Gasteiger partial charge in [-0.25, -0.2) is 9.67 Å². The molecule has 36 heavy (non-hydrogen) atoms. The third kappa shape index (κ3) is 4.40. The minimum absolute atomic E-state index is 0.0249. The predicted octanol–water partition coefficient (Wildman–Crippen LogP) is 5.33. The van der Waals surface area contributed by atoms with Crippen molar-refractivity contribution in [1.82, 2.24) is 24.6 Å². The molecule has 0 spiro atoms. The predicted molar refractivity (Wildman–Crippen MR) is 146 cm³/mol. The summed E-state index contributed by atoms with van der Waals surface area (Å²) in [5.74, 6) is 0.259. The van der Waals surface area contributed by atoms with Gasteiger partial charge < -0.3 is 9.88 Å². The highest BCUT2D eigenvalue weighted by Gasteiger charge is 2.20. The first-order valence-corrected chi connectivity index (χ1v) is 13.3. The summed E-state index contributed by atoms with van der Waals surface area (Å²) in [5, 5.41) is 7.28.